The van der Waals surface area contributed by atoms with Gasteiger partial charge in [0.05, 0.1) is 24.9 Å². The predicted octanol–water partition coefficient (Wildman–Crippen LogP) is 4.85. The van der Waals surface area contributed by atoms with Crippen molar-refractivity contribution in [3.05, 3.63) is 0 Å². The Morgan fingerprint density at radius 3 is 1.39 bits per heavy atom. The van der Waals surface area contributed by atoms with Crippen LogP contribution < -0.4 is 0 Å². The van der Waals surface area contributed by atoms with Crippen LogP contribution in [-0.2, 0) is 28.6 Å². The number of ether oxygens (including phenoxy) is 3. The molecule has 0 aromatic heterocycles. The van der Waals surface area contributed by atoms with Gasteiger partial charge >= 0.3 is 17.9 Å². The molecule has 1 saturated heterocycles. The smallest absolute Gasteiger partial charge is 0.315 e. The average Bonchev–Trinajstić information content (AvgIpc) is 3.24. The van der Waals surface area contributed by atoms with Crippen molar-refractivity contribution in [2.75, 3.05) is 19.8 Å². The summed E-state index contributed by atoms with van der Waals surface area (Å²) in [5, 5.41) is 17.5. The molecule has 0 saturated carbocycles. The van der Waals surface area contributed by atoms with Crippen molar-refractivity contribution in [1.82, 2.24) is 0 Å². The molecule has 0 aromatic carbocycles. The number of esters is 2. The van der Waals surface area contributed by atoms with E-state index in [9.17, 15) is 31.9 Å². The summed E-state index contributed by atoms with van der Waals surface area (Å²) in [5.41, 5.74) is -5.64. The number of aliphatic carboxylic acids is 1. The molecule has 0 aliphatic carbocycles. The Morgan fingerprint density at radius 2 is 1.17 bits per heavy atom. The molecule has 0 amide bonds. The van der Waals surface area contributed by atoms with E-state index in [1.807, 2.05) is 0 Å². The van der Waals surface area contributed by atoms with E-state index < -0.39 is 72.2 Å². The van der Waals surface area contributed by atoms with E-state index in [2.05, 4.69) is 0 Å². The first kappa shape index (κ1) is 36.2. The van der Waals surface area contributed by atoms with Crippen LogP contribution in [0.4, 0.5) is 17.6 Å². The van der Waals surface area contributed by atoms with E-state index in [0.717, 1.165) is 27.1 Å². The minimum Gasteiger partial charge on any atom is -0.481 e. The topological polar surface area (TPSA) is 119 Å². The number of hydrogen-bond acceptors (Lipinski definition) is 7. The molecule has 1 aliphatic heterocycles. The zero-order chi connectivity index (χ0) is 29.0. The van der Waals surface area contributed by atoms with Crippen molar-refractivity contribution in [3.8, 4) is 0 Å². The average molecular weight is 535 g/mol. The van der Waals surface area contributed by atoms with Crippen LogP contribution in [0, 0.1) is 10.8 Å². The number of carboxylic acid groups (broad SMARTS) is 1. The number of carbonyl (C=O) groups is 3. The molecular weight excluding hydrogens is 492 g/mol. The first-order valence-electron chi connectivity index (χ1n) is 11.5. The highest BCUT2D eigenvalue weighted by Crippen LogP contribution is 2.31. The lowest BCUT2D eigenvalue weighted by Gasteiger charge is -2.27. The van der Waals surface area contributed by atoms with Crippen LogP contribution in [0.3, 0.4) is 0 Å². The number of carbonyl (C=O) groups excluding carboxylic acids is 2. The Morgan fingerprint density at radius 1 is 0.778 bits per heavy atom. The van der Waals surface area contributed by atoms with E-state index >= 15 is 0 Å². The van der Waals surface area contributed by atoms with Gasteiger partial charge in [-0.2, -0.15) is 0 Å². The van der Waals surface area contributed by atoms with Gasteiger partial charge in [-0.3, -0.25) is 14.4 Å². The van der Waals surface area contributed by atoms with Gasteiger partial charge in [-0.05, 0) is 61.3 Å². The van der Waals surface area contributed by atoms with Crippen molar-refractivity contribution in [3.63, 3.8) is 0 Å². The molecule has 1 fully saturated rings. The summed E-state index contributed by atoms with van der Waals surface area (Å²) in [7, 11) is 0. The van der Waals surface area contributed by atoms with Gasteiger partial charge in [0, 0.05) is 13.2 Å². The van der Waals surface area contributed by atoms with Gasteiger partial charge in [0.1, 0.15) is 16.6 Å². The normalized spacial score (nSPS) is 17.1. The lowest BCUT2D eigenvalue weighted by Crippen LogP contribution is -2.39. The van der Waals surface area contributed by atoms with Crippen LogP contribution in [-0.4, -0.2) is 72.0 Å². The highest BCUT2D eigenvalue weighted by molar-refractivity contribution is 5.82. The lowest BCUT2D eigenvalue weighted by molar-refractivity contribution is -0.171. The molecule has 2 unspecified atom stereocenters. The summed E-state index contributed by atoms with van der Waals surface area (Å²) in [6.07, 6.45) is -4.66. The van der Waals surface area contributed by atoms with Crippen molar-refractivity contribution in [2.24, 2.45) is 10.8 Å². The second kappa shape index (κ2) is 15.3. The molecule has 8 nitrogen and oxygen atoms in total. The largest absolute Gasteiger partial charge is 0.481 e. The Hall–Kier alpha value is -1.95. The Kier molecular flexibility index (Phi) is 15.4. The molecule has 12 heteroatoms. The molecule has 214 valence electrons. The summed E-state index contributed by atoms with van der Waals surface area (Å²) in [5.74, 6) is -3.38. The third-order valence-electron chi connectivity index (χ3n) is 4.59. The number of rotatable bonds is 8. The van der Waals surface area contributed by atoms with E-state index in [0.29, 0.717) is 0 Å². The number of aliphatic hydroxyl groups excluding tert-OH is 1. The molecule has 0 radical (unpaired) electrons. The van der Waals surface area contributed by atoms with Gasteiger partial charge in [-0.25, -0.2) is 17.6 Å². The van der Waals surface area contributed by atoms with Crippen LogP contribution in [0.25, 0.3) is 0 Å². The number of halogens is 4. The Labute approximate surface area is 210 Å². The van der Waals surface area contributed by atoms with Gasteiger partial charge in [0.25, 0.3) is 6.43 Å². The number of aliphatic hydroxyl groups is 1. The van der Waals surface area contributed by atoms with Crippen LogP contribution in [0.2, 0.25) is 0 Å². The SMILES string of the molecule is C1CCOC1.CC(C)(C)OC(=O)CC(C)(C(=O)O)C(F)F.CC(C)(C)OC(=O)CC(C)(CO)C(F)F. The zero-order valence-electron chi connectivity index (χ0n) is 22.5. The maximum absolute atomic E-state index is 12.5. The standard InChI is InChI=1S/C10H16F2O4.C10H18F2O3.C4H8O/c1-9(2,3)16-6(13)5-10(4,7(11)12)8(14)15;1-9(2,3)15-7(14)5-10(4,6-13)8(11)12;1-2-4-5-3-1/h7H,5H2,1-4H3,(H,14,15);8,13H,5-6H2,1-4H3;1-4H2. The minimum atomic E-state index is -3.13. The lowest BCUT2D eigenvalue weighted by atomic mass is 9.87. The van der Waals surface area contributed by atoms with Crippen LogP contribution in [0.1, 0.15) is 81.1 Å². The quantitative estimate of drug-likeness (QED) is 0.335. The number of hydrogen-bond donors (Lipinski definition) is 2. The van der Waals surface area contributed by atoms with Gasteiger partial charge in [-0.1, -0.05) is 6.92 Å². The second-order valence-electron chi connectivity index (χ2n) is 11.0. The molecule has 1 aliphatic rings. The minimum absolute atomic E-state index is 0.488. The molecule has 2 atom stereocenters. The van der Waals surface area contributed by atoms with Crippen molar-refractivity contribution >= 4 is 17.9 Å². The summed E-state index contributed by atoms with van der Waals surface area (Å²) in [4.78, 5) is 33.2. The predicted molar refractivity (Wildman–Crippen MR) is 124 cm³/mol. The highest BCUT2D eigenvalue weighted by Gasteiger charge is 2.45. The Bertz CT molecular complexity index is 677. The zero-order valence-corrected chi connectivity index (χ0v) is 22.5. The van der Waals surface area contributed by atoms with Gasteiger partial charge in [0.15, 0.2) is 0 Å². The summed E-state index contributed by atoms with van der Waals surface area (Å²) >= 11 is 0. The Balaban J connectivity index is 0. The van der Waals surface area contributed by atoms with Crippen molar-refractivity contribution < 1.29 is 56.4 Å². The van der Waals surface area contributed by atoms with E-state index in [-0.39, 0.29) is 0 Å². The van der Waals surface area contributed by atoms with Crippen LogP contribution in [0.15, 0.2) is 0 Å². The second-order valence-corrected chi connectivity index (χ2v) is 11.0. The van der Waals surface area contributed by atoms with Crippen LogP contribution in [0.5, 0.6) is 0 Å². The fraction of sp³-hybridized carbons (Fsp3) is 0.875. The molecule has 36 heavy (non-hydrogen) atoms. The number of carboxylic acids is 1. The monoisotopic (exact) mass is 534 g/mol. The molecule has 2 N–H and O–H groups in total. The molecule has 1 heterocycles. The third kappa shape index (κ3) is 15.9. The van der Waals surface area contributed by atoms with E-state index in [1.54, 1.807) is 41.5 Å². The van der Waals surface area contributed by atoms with Gasteiger partial charge in [-0.15, -0.1) is 0 Å². The fourth-order valence-corrected chi connectivity index (χ4v) is 2.34. The molecule has 0 aromatic rings. The fourth-order valence-electron chi connectivity index (χ4n) is 2.34. The highest BCUT2D eigenvalue weighted by atomic mass is 19.3. The molecule has 0 spiro atoms. The molecular formula is C24H42F4O8. The summed E-state index contributed by atoms with van der Waals surface area (Å²) in [6.45, 7) is 12.9. The van der Waals surface area contributed by atoms with Crippen molar-refractivity contribution in [2.45, 2.75) is 105 Å². The van der Waals surface area contributed by atoms with E-state index in [1.165, 1.54) is 12.8 Å². The van der Waals surface area contributed by atoms with Crippen LogP contribution >= 0.6 is 0 Å². The molecule has 0 bridgehead atoms. The van der Waals surface area contributed by atoms with Crippen molar-refractivity contribution in [1.29, 1.82) is 0 Å². The van der Waals surface area contributed by atoms with E-state index in [4.69, 9.17) is 24.4 Å². The van der Waals surface area contributed by atoms with Gasteiger partial charge < -0.3 is 24.4 Å². The number of alkyl halides is 4. The maximum atomic E-state index is 12.5. The maximum Gasteiger partial charge on any atom is 0.315 e. The third-order valence-corrected chi connectivity index (χ3v) is 4.59. The molecule has 1 rings (SSSR count). The first-order valence-corrected chi connectivity index (χ1v) is 11.5. The summed E-state index contributed by atoms with van der Waals surface area (Å²) in [6, 6.07) is 0. The first-order chi connectivity index (χ1) is 16.1. The summed E-state index contributed by atoms with van der Waals surface area (Å²) < 4.78 is 64.7. The van der Waals surface area contributed by atoms with Gasteiger partial charge in [0.2, 0.25) is 6.43 Å².